The average Bonchev–Trinajstić information content (AvgIpc) is 2.78. The van der Waals surface area contributed by atoms with Crippen molar-refractivity contribution in [1.29, 1.82) is 0 Å². The van der Waals surface area contributed by atoms with E-state index in [2.05, 4.69) is 15.8 Å². The molecule has 32 heavy (non-hydrogen) atoms. The Bertz CT molecular complexity index is 974. The summed E-state index contributed by atoms with van der Waals surface area (Å²) in [5.41, 5.74) is 4.61. The van der Waals surface area contributed by atoms with Crippen molar-refractivity contribution in [1.82, 2.24) is 5.43 Å². The first-order valence-electron chi connectivity index (χ1n) is 10.1. The summed E-state index contributed by atoms with van der Waals surface area (Å²) in [6, 6.07) is 12.3. The Morgan fingerprint density at radius 1 is 1.03 bits per heavy atom. The van der Waals surface area contributed by atoms with Crippen molar-refractivity contribution in [2.75, 3.05) is 25.6 Å². The molecule has 2 aromatic rings. The molecule has 9 nitrogen and oxygen atoms in total. The first-order valence-corrected chi connectivity index (χ1v) is 10.1. The van der Waals surface area contributed by atoms with Gasteiger partial charge in [0.2, 0.25) is 11.8 Å². The molecule has 0 aliphatic carbocycles. The van der Waals surface area contributed by atoms with Crippen molar-refractivity contribution in [3.8, 4) is 11.5 Å². The number of ether oxygens (including phenoxy) is 3. The number of nitrogens with one attached hydrogen (secondary N) is 2. The van der Waals surface area contributed by atoms with Gasteiger partial charge in [0.15, 0.2) is 18.1 Å². The minimum atomic E-state index is -0.547. The molecule has 0 aliphatic rings. The molecule has 2 aromatic carbocycles. The van der Waals surface area contributed by atoms with Gasteiger partial charge in [0.05, 0.1) is 19.9 Å². The van der Waals surface area contributed by atoms with Crippen molar-refractivity contribution >= 4 is 29.7 Å². The molecule has 0 spiro atoms. The van der Waals surface area contributed by atoms with E-state index in [9.17, 15) is 14.4 Å². The van der Waals surface area contributed by atoms with Crippen molar-refractivity contribution < 1.29 is 28.6 Å². The third kappa shape index (κ3) is 7.75. The number of esters is 1. The SMILES string of the molecule is CCOC(=O)COc1ccc(C=NNC(=O)CC(=O)Nc2ccccc2CC)cc1OC. The number of aryl methyl sites for hydroxylation is 1. The summed E-state index contributed by atoms with van der Waals surface area (Å²) >= 11 is 0. The van der Waals surface area contributed by atoms with Gasteiger partial charge in [0.1, 0.15) is 6.42 Å². The minimum Gasteiger partial charge on any atom is -0.493 e. The highest BCUT2D eigenvalue weighted by molar-refractivity contribution is 6.04. The number of para-hydroxylation sites is 1. The van der Waals surface area contributed by atoms with Crippen molar-refractivity contribution in [2.24, 2.45) is 5.10 Å². The number of benzene rings is 2. The lowest BCUT2D eigenvalue weighted by Gasteiger charge is -2.10. The summed E-state index contributed by atoms with van der Waals surface area (Å²) in [6.45, 7) is 3.73. The standard InChI is InChI=1S/C23H27N3O6/c1-4-17-8-6-7-9-18(17)25-21(27)13-22(28)26-24-14-16-10-11-19(20(12-16)30-3)32-15-23(29)31-5-2/h6-12,14H,4-5,13,15H2,1-3H3,(H,25,27)(H,26,28). The van der Waals surface area contributed by atoms with E-state index in [4.69, 9.17) is 14.2 Å². The maximum atomic E-state index is 12.1. The number of hydrazone groups is 1. The predicted octanol–water partition coefficient (Wildman–Crippen LogP) is 2.68. The lowest BCUT2D eigenvalue weighted by atomic mass is 10.1. The van der Waals surface area contributed by atoms with Gasteiger partial charge in [-0.3, -0.25) is 9.59 Å². The molecule has 0 radical (unpaired) electrons. The van der Waals surface area contributed by atoms with Gasteiger partial charge in [-0.1, -0.05) is 25.1 Å². The van der Waals surface area contributed by atoms with Gasteiger partial charge in [-0.2, -0.15) is 5.10 Å². The van der Waals surface area contributed by atoms with E-state index >= 15 is 0 Å². The minimum absolute atomic E-state index is 0.238. The van der Waals surface area contributed by atoms with Gasteiger partial charge in [-0.15, -0.1) is 0 Å². The molecule has 2 N–H and O–H groups in total. The molecule has 0 aromatic heterocycles. The molecule has 0 atom stereocenters. The zero-order valence-electron chi connectivity index (χ0n) is 18.3. The smallest absolute Gasteiger partial charge is 0.344 e. The van der Waals surface area contributed by atoms with Crippen LogP contribution < -0.4 is 20.2 Å². The average molecular weight is 441 g/mol. The van der Waals surface area contributed by atoms with Crippen LogP contribution in [0.25, 0.3) is 0 Å². The molecule has 0 heterocycles. The van der Waals surface area contributed by atoms with Crippen LogP contribution in [0.5, 0.6) is 11.5 Å². The van der Waals surface area contributed by atoms with Crippen LogP contribution in [-0.2, 0) is 25.5 Å². The number of carbonyl (C=O) groups is 3. The summed E-state index contributed by atoms with van der Waals surface area (Å²) in [6.07, 6.45) is 1.81. The summed E-state index contributed by atoms with van der Waals surface area (Å²) in [4.78, 5) is 35.5. The summed E-state index contributed by atoms with van der Waals surface area (Å²) in [7, 11) is 1.46. The van der Waals surface area contributed by atoms with E-state index in [0.717, 1.165) is 12.0 Å². The lowest BCUT2D eigenvalue weighted by molar-refractivity contribution is -0.145. The van der Waals surface area contributed by atoms with Crippen LogP contribution in [0.1, 0.15) is 31.4 Å². The zero-order chi connectivity index (χ0) is 23.3. The fourth-order valence-corrected chi connectivity index (χ4v) is 2.73. The molecule has 0 aliphatic heterocycles. The maximum Gasteiger partial charge on any atom is 0.344 e. The highest BCUT2D eigenvalue weighted by Crippen LogP contribution is 2.27. The number of nitrogens with zero attached hydrogens (tertiary/aromatic N) is 1. The summed E-state index contributed by atoms with van der Waals surface area (Å²) in [5, 5.41) is 6.60. The molecule has 0 fully saturated rings. The Balaban J connectivity index is 1.87. The number of hydrogen-bond donors (Lipinski definition) is 2. The second-order valence-corrected chi connectivity index (χ2v) is 6.53. The topological polar surface area (TPSA) is 115 Å². The predicted molar refractivity (Wildman–Crippen MR) is 120 cm³/mol. The second-order valence-electron chi connectivity index (χ2n) is 6.53. The maximum absolute atomic E-state index is 12.1. The third-order valence-electron chi connectivity index (χ3n) is 4.23. The monoisotopic (exact) mass is 441 g/mol. The third-order valence-corrected chi connectivity index (χ3v) is 4.23. The van der Waals surface area contributed by atoms with Gasteiger partial charge in [0, 0.05) is 5.69 Å². The molecular formula is C23H27N3O6. The lowest BCUT2D eigenvalue weighted by Crippen LogP contribution is -2.25. The number of hydrogen-bond acceptors (Lipinski definition) is 7. The molecule has 0 unspecified atom stereocenters. The number of methoxy groups -OCH3 is 1. The number of rotatable bonds is 11. The van der Waals surface area contributed by atoms with E-state index in [0.29, 0.717) is 22.7 Å². The van der Waals surface area contributed by atoms with Crippen LogP contribution in [0.15, 0.2) is 47.6 Å². The first-order chi connectivity index (χ1) is 15.5. The number of anilines is 1. The van der Waals surface area contributed by atoms with Crippen molar-refractivity contribution in [2.45, 2.75) is 26.7 Å². The summed E-state index contributed by atoms with van der Waals surface area (Å²) < 4.78 is 15.5. The van der Waals surface area contributed by atoms with E-state index in [-0.39, 0.29) is 19.6 Å². The van der Waals surface area contributed by atoms with Gasteiger partial charge in [-0.05, 0) is 48.7 Å². The Morgan fingerprint density at radius 2 is 1.81 bits per heavy atom. The first kappa shape index (κ1) is 24.4. The van der Waals surface area contributed by atoms with Gasteiger partial charge >= 0.3 is 5.97 Å². The summed E-state index contributed by atoms with van der Waals surface area (Å²) in [5.74, 6) is -0.702. The zero-order valence-corrected chi connectivity index (χ0v) is 18.3. The molecule has 0 bridgehead atoms. The molecule has 2 amide bonds. The van der Waals surface area contributed by atoms with Crippen LogP contribution in [-0.4, -0.2) is 44.3 Å². The Hall–Kier alpha value is -3.88. The second kappa shape index (κ2) is 12.7. The highest BCUT2D eigenvalue weighted by Gasteiger charge is 2.11. The molecule has 2 rings (SSSR count). The quantitative estimate of drug-likeness (QED) is 0.240. The van der Waals surface area contributed by atoms with E-state index in [1.54, 1.807) is 31.2 Å². The van der Waals surface area contributed by atoms with Gasteiger partial charge < -0.3 is 19.5 Å². The number of carbonyl (C=O) groups excluding carboxylic acids is 3. The van der Waals surface area contributed by atoms with Gasteiger partial charge in [-0.25, -0.2) is 10.2 Å². The molecular weight excluding hydrogens is 414 g/mol. The molecule has 9 heteroatoms. The van der Waals surface area contributed by atoms with Crippen LogP contribution in [0.2, 0.25) is 0 Å². The Kier molecular flexibility index (Phi) is 9.70. The van der Waals surface area contributed by atoms with E-state index in [1.807, 2.05) is 25.1 Å². The van der Waals surface area contributed by atoms with Crippen LogP contribution in [0.3, 0.4) is 0 Å². The largest absolute Gasteiger partial charge is 0.493 e. The van der Waals surface area contributed by atoms with Crippen LogP contribution in [0.4, 0.5) is 5.69 Å². The van der Waals surface area contributed by atoms with E-state index < -0.39 is 17.8 Å². The Labute approximate surface area is 186 Å². The van der Waals surface area contributed by atoms with Crippen molar-refractivity contribution in [3.05, 3.63) is 53.6 Å². The Morgan fingerprint density at radius 3 is 2.53 bits per heavy atom. The normalized spacial score (nSPS) is 10.5. The van der Waals surface area contributed by atoms with Gasteiger partial charge in [0.25, 0.3) is 0 Å². The molecule has 170 valence electrons. The highest BCUT2D eigenvalue weighted by atomic mass is 16.6. The number of amides is 2. The van der Waals surface area contributed by atoms with Crippen molar-refractivity contribution in [3.63, 3.8) is 0 Å². The fourth-order valence-electron chi connectivity index (χ4n) is 2.73. The fraction of sp³-hybridized carbons (Fsp3) is 0.304. The molecule has 0 saturated heterocycles. The molecule has 0 saturated carbocycles. The van der Waals surface area contributed by atoms with Crippen LogP contribution in [0, 0.1) is 0 Å². The van der Waals surface area contributed by atoms with Crippen LogP contribution >= 0.6 is 0 Å². The van der Waals surface area contributed by atoms with E-state index in [1.165, 1.54) is 13.3 Å².